The van der Waals surface area contributed by atoms with E-state index in [1.807, 2.05) is 30.3 Å². The molecule has 96 valence electrons. The zero-order valence-electron chi connectivity index (χ0n) is 10.3. The van der Waals surface area contributed by atoms with Gasteiger partial charge in [0.15, 0.2) is 9.84 Å². The molecule has 2 unspecified atom stereocenters. The molecule has 1 aromatic carbocycles. The molecule has 0 saturated carbocycles. The lowest BCUT2D eigenvalue weighted by atomic mass is 10.0. The van der Waals surface area contributed by atoms with Crippen molar-refractivity contribution in [3.63, 3.8) is 0 Å². The molecule has 0 aliphatic heterocycles. The Morgan fingerprint density at radius 2 is 1.88 bits per heavy atom. The summed E-state index contributed by atoms with van der Waals surface area (Å²) in [5.74, 6) is 5.42. The topological polar surface area (TPSA) is 72.2 Å². The molecule has 4 nitrogen and oxygen atoms in total. The average molecular weight is 256 g/mol. The zero-order chi connectivity index (χ0) is 12.9. The van der Waals surface area contributed by atoms with Crippen LogP contribution in [0.1, 0.15) is 18.9 Å². The van der Waals surface area contributed by atoms with Crippen molar-refractivity contribution in [2.24, 2.45) is 5.84 Å². The highest BCUT2D eigenvalue weighted by atomic mass is 32.2. The number of nitrogens with two attached hydrogens (primary N) is 1. The third kappa shape index (κ3) is 4.46. The van der Waals surface area contributed by atoms with E-state index in [0.717, 1.165) is 6.42 Å². The molecule has 0 aliphatic rings. The summed E-state index contributed by atoms with van der Waals surface area (Å²) in [6.07, 6.45) is 2.76. The Kier molecular flexibility index (Phi) is 5.11. The van der Waals surface area contributed by atoms with E-state index in [1.54, 1.807) is 6.92 Å². The summed E-state index contributed by atoms with van der Waals surface area (Å²) < 4.78 is 22.9. The van der Waals surface area contributed by atoms with E-state index in [1.165, 1.54) is 11.8 Å². The Hall–Kier alpha value is -0.910. The third-order valence-electron chi connectivity index (χ3n) is 3.04. The van der Waals surface area contributed by atoms with Crippen molar-refractivity contribution in [2.75, 3.05) is 6.26 Å². The van der Waals surface area contributed by atoms with Crippen LogP contribution >= 0.6 is 0 Å². The second kappa shape index (κ2) is 6.14. The molecule has 5 heteroatoms. The smallest absolute Gasteiger partial charge is 0.151 e. The Labute approximate surface area is 103 Å². The molecule has 0 saturated heterocycles. The summed E-state index contributed by atoms with van der Waals surface area (Å²) in [7, 11) is -3.06. The van der Waals surface area contributed by atoms with E-state index in [9.17, 15) is 8.42 Å². The molecule has 0 aromatic heterocycles. The molecule has 0 amide bonds. The first-order valence-electron chi connectivity index (χ1n) is 5.64. The largest absolute Gasteiger partial charge is 0.271 e. The van der Waals surface area contributed by atoms with Crippen LogP contribution in [-0.2, 0) is 16.3 Å². The highest BCUT2D eigenvalue weighted by Crippen LogP contribution is 2.11. The van der Waals surface area contributed by atoms with Gasteiger partial charge in [-0.2, -0.15) is 0 Å². The summed E-state index contributed by atoms with van der Waals surface area (Å²) in [6, 6.07) is 9.74. The number of hydrazine groups is 1. The van der Waals surface area contributed by atoms with E-state index in [2.05, 4.69) is 5.43 Å². The van der Waals surface area contributed by atoms with Gasteiger partial charge in [0.25, 0.3) is 0 Å². The minimum absolute atomic E-state index is 0.217. The monoisotopic (exact) mass is 256 g/mol. The van der Waals surface area contributed by atoms with Crippen LogP contribution in [0.5, 0.6) is 0 Å². The molecule has 3 N–H and O–H groups in total. The molecule has 2 atom stereocenters. The fourth-order valence-corrected chi connectivity index (χ4v) is 2.53. The van der Waals surface area contributed by atoms with Gasteiger partial charge in [-0.05, 0) is 25.3 Å². The van der Waals surface area contributed by atoms with Gasteiger partial charge in [-0.3, -0.25) is 11.3 Å². The van der Waals surface area contributed by atoms with Crippen LogP contribution in [0.2, 0.25) is 0 Å². The van der Waals surface area contributed by atoms with Gasteiger partial charge in [0.2, 0.25) is 0 Å². The van der Waals surface area contributed by atoms with E-state index < -0.39 is 15.1 Å². The number of sulfone groups is 1. The van der Waals surface area contributed by atoms with Crippen molar-refractivity contribution in [3.8, 4) is 0 Å². The van der Waals surface area contributed by atoms with Gasteiger partial charge in [0, 0.05) is 12.3 Å². The van der Waals surface area contributed by atoms with E-state index in [-0.39, 0.29) is 6.04 Å². The van der Waals surface area contributed by atoms with Crippen molar-refractivity contribution in [2.45, 2.75) is 31.1 Å². The van der Waals surface area contributed by atoms with Crippen molar-refractivity contribution >= 4 is 9.84 Å². The molecule has 0 heterocycles. The summed E-state index contributed by atoms with van der Waals surface area (Å²) in [5.41, 5.74) is 3.79. The highest BCUT2D eigenvalue weighted by Gasteiger charge is 2.24. The second-order valence-corrected chi connectivity index (χ2v) is 6.73. The molecule has 1 rings (SSSR count). The first-order chi connectivity index (χ1) is 7.95. The van der Waals surface area contributed by atoms with Gasteiger partial charge in [-0.1, -0.05) is 30.3 Å². The molecule has 0 bridgehead atoms. The van der Waals surface area contributed by atoms with Crippen LogP contribution in [0.25, 0.3) is 0 Å². The lowest BCUT2D eigenvalue weighted by Gasteiger charge is -2.21. The molecule has 1 aromatic rings. The fourth-order valence-electron chi connectivity index (χ4n) is 1.72. The zero-order valence-corrected chi connectivity index (χ0v) is 11.1. The Bertz CT molecular complexity index is 431. The maximum Gasteiger partial charge on any atom is 0.151 e. The number of benzene rings is 1. The third-order valence-corrected chi connectivity index (χ3v) is 4.72. The van der Waals surface area contributed by atoms with Gasteiger partial charge < -0.3 is 0 Å². The fraction of sp³-hybridized carbons (Fsp3) is 0.500. The first-order valence-corrected chi connectivity index (χ1v) is 7.59. The lowest BCUT2D eigenvalue weighted by molar-refractivity contribution is 0.470. The average Bonchev–Trinajstić information content (AvgIpc) is 2.30. The number of aryl methyl sites for hydroxylation is 1. The predicted molar refractivity (Wildman–Crippen MR) is 70.2 cm³/mol. The molecular formula is C12H20N2O2S. The highest BCUT2D eigenvalue weighted by molar-refractivity contribution is 7.91. The standard InChI is InChI=1S/C12H20N2O2S/c1-10(17(2,15)16)12(14-13)9-8-11-6-4-3-5-7-11/h3-7,10,12,14H,8-9,13H2,1-2H3. The van der Waals surface area contributed by atoms with E-state index in [0.29, 0.717) is 6.42 Å². The minimum Gasteiger partial charge on any atom is -0.271 e. The number of nitrogens with one attached hydrogen (secondary N) is 1. The van der Waals surface area contributed by atoms with Crippen molar-refractivity contribution in [1.82, 2.24) is 5.43 Å². The Balaban J connectivity index is 2.60. The van der Waals surface area contributed by atoms with Crippen LogP contribution in [0.4, 0.5) is 0 Å². The number of hydrogen-bond donors (Lipinski definition) is 2. The molecule has 0 spiro atoms. The minimum atomic E-state index is -3.06. The van der Waals surface area contributed by atoms with Crippen LogP contribution in [-0.4, -0.2) is 26.0 Å². The maximum absolute atomic E-state index is 11.4. The van der Waals surface area contributed by atoms with Gasteiger partial charge in [-0.25, -0.2) is 8.42 Å². The normalized spacial score (nSPS) is 15.5. The van der Waals surface area contributed by atoms with Crippen LogP contribution in [0, 0.1) is 0 Å². The molecular weight excluding hydrogens is 236 g/mol. The summed E-state index contributed by atoms with van der Waals surface area (Å²) in [5, 5.41) is -0.476. The van der Waals surface area contributed by atoms with Gasteiger partial charge in [0.05, 0.1) is 5.25 Å². The number of hydrogen-bond acceptors (Lipinski definition) is 4. The summed E-state index contributed by atoms with van der Waals surface area (Å²) in [6.45, 7) is 1.69. The van der Waals surface area contributed by atoms with Gasteiger partial charge in [0.1, 0.15) is 0 Å². The summed E-state index contributed by atoms with van der Waals surface area (Å²) >= 11 is 0. The van der Waals surface area contributed by atoms with Gasteiger partial charge >= 0.3 is 0 Å². The van der Waals surface area contributed by atoms with Crippen molar-refractivity contribution in [1.29, 1.82) is 0 Å². The number of rotatable bonds is 6. The quantitative estimate of drug-likeness (QED) is 0.585. The van der Waals surface area contributed by atoms with Crippen LogP contribution in [0.15, 0.2) is 30.3 Å². The maximum atomic E-state index is 11.4. The van der Waals surface area contributed by atoms with E-state index in [4.69, 9.17) is 5.84 Å². The summed E-state index contributed by atoms with van der Waals surface area (Å²) in [4.78, 5) is 0. The Morgan fingerprint density at radius 3 is 2.35 bits per heavy atom. The molecule has 0 radical (unpaired) electrons. The SMILES string of the molecule is CC(C(CCc1ccccc1)NN)S(C)(=O)=O. The van der Waals surface area contributed by atoms with E-state index >= 15 is 0 Å². The molecule has 0 aliphatic carbocycles. The predicted octanol–water partition coefficient (Wildman–Crippen LogP) is 0.884. The molecule has 0 fully saturated rings. The second-order valence-electron chi connectivity index (χ2n) is 4.33. The molecule has 17 heavy (non-hydrogen) atoms. The Morgan fingerprint density at radius 1 is 1.29 bits per heavy atom. The van der Waals surface area contributed by atoms with Crippen molar-refractivity contribution < 1.29 is 8.42 Å². The van der Waals surface area contributed by atoms with Crippen LogP contribution in [0.3, 0.4) is 0 Å². The lowest BCUT2D eigenvalue weighted by Crippen LogP contribution is -2.46. The van der Waals surface area contributed by atoms with Crippen molar-refractivity contribution in [3.05, 3.63) is 35.9 Å². The first kappa shape index (κ1) is 14.2. The van der Waals surface area contributed by atoms with Crippen LogP contribution < -0.4 is 11.3 Å². The van der Waals surface area contributed by atoms with Gasteiger partial charge in [-0.15, -0.1) is 0 Å².